The van der Waals surface area contributed by atoms with E-state index in [1.54, 1.807) is 12.1 Å². The van der Waals surface area contributed by atoms with E-state index in [4.69, 9.17) is 0 Å². The summed E-state index contributed by atoms with van der Waals surface area (Å²) in [5, 5.41) is 21.6. The predicted molar refractivity (Wildman–Crippen MR) is 113 cm³/mol. The number of nitrogens with one attached hydrogen (secondary N) is 1. The van der Waals surface area contributed by atoms with Gasteiger partial charge in [-0.25, -0.2) is 4.98 Å². The molecule has 7 nitrogen and oxygen atoms in total. The van der Waals surface area contributed by atoms with Crippen LogP contribution < -0.4 is 5.56 Å². The first-order valence-corrected chi connectivity index (χ1v) is 10.3. The molecule has 2 heterocycles. The Morgan fingerprint density at radius 1 is 1.41 bits per heavy atom. The second-order valence-corrected chi connectivity index (χ2v) is 8.06. The van der Waals surface area contributed by atoms with E-state index in [9.17, 15) is 20.2 Å². The highest BCUT2D eigenvalue weighted by Gasteiger charge is 2.20. The van der Waals surface area contributed by atoms with Crippen molar-refractivity contribution in [3.05, 3.63) is 66.1 Å². The van der Waals surface area contributed by atoms with E-state index in [0.717, 1.165) is 31.2 Å². The number of aryl methyl sites for hydroxylation is 3. The third-order valence-corrected chi connectivity index (χ3v) is 6.38. The van der Waals surface area contributed by atoms with Crippen LogP contribution in [0.2, 0.25) is 0 Å². The first kappa shape index (κ1) is 19.0. The summed E-state index contributed by atoms with van der Waals surface area (Å²) in [5.41, 5.74) is 2.17. The van der Waals surface area contributed by atoms with Crippen LogP contribution in [0.1, 0.15) is 47.2 Å². The molecule has 1 aliphatic carbocycles. The molecule has 0 saturated heterocycles. The molecule has 1 aliphatic rings. The quantitative estimate of drug-likeness (QED) is 0.392. The Labute approximate surface area is 170 Å². The lowest BCUT2D eigenvalue weighted by Gasteiger charge is -2.09. The standard InChI is InChI=1S/C21H18N4O3S/c1-2-13-8-7-12(10-16(13)25(27)28)9-14(11-22)19-23-20(26)18-15-5-3-4-6-17(15)29-21(18)24-19/h7-10H,2-6H2,1H3,(H,23,24,26)/b14-9+. The Morgan fingerprint density at radius 2 is 2.21 bits per heavy atom. The van der Waals surface area contributed by atoms with Gasteiger partial charge < -0.3 is 4.98 Å². The highest BCUT2D eigenvalue weighted by Crippen LogP contribution is 2.34. The molecule has 4 rings (SSSR count). The molecular formula is C21H18N4O3S. The van der Waals surface area contributed by atoms with Crippen molar-refractivity contribution >= 4 is 38.9 Å². The Kier molecular flexibility index (Phi) is 4.99. The highest BCUT2D eigenvalue weighted by atomic mass is 32.1. The number of rotatable bonds is 4. The fourth-order valence-corrected chi connectivity index (χ4v) is 5.01. The van der Waals surface area contributed by atoms with E-state index in [-0.39, 0.29) is 22.6 Å². The number of nitrogens with zero attached hydrogens (tertiary/aromatic N) is 3. The lowest BCUT2D eigenvalue weighted by Crippen LogP contribution is -2.12. The zero-order valence-electron chi connectivity index (χ0n) is 15.8. The van der Waals surface area contributed by atoms with E-state index >= 15 is 0 Å². The fraction of sp³-hybridized carbons (Fsp3) is 0.286. The summed E-state index contributed by atoms with van der Waals surface area (Å²) in [5.74, 6) is 0.186. The van der Waals surface area contributed by atoms with Crippen LogP contribution in [-0.2, 0) is 19.3 Å². The Morgan fingerprint density at radius 3 is 2.93 bits per heavy atom. The maximum atomic E-state index is 12.7. The van der Waals surface area contributed by atoms with E-state index in [0.29, 0.717) is 27.8 Å². The molecular weight excluding hydrogens is 388 g/mol. The SMILES string of the molecule is CCc1ccc(/C=C(\C#N)c2nc3sc4c(c3c(=O)[nH]2)CCCC4)cc1[N+](=O)[O-]. The molecule has 0 amide bonds. The number of nitriles is 1. The number of aromatic amines is 1. The van der Waals surface area contributed by atoms with Crippen molar-refractivity contribution in [3.8, 4) is 6.07 Å². The van der Waals surface area contributed by atoms with Gasteiger partial charge in [-0.2, -0.15) is 5.26 Å². The molecule has 0 fully saturated rings. The van der Waals surface area contributed by atoms with E-state index in [2.05, 4.69) is 16.0 Å². The Bertz CT molecular complexity index is 1260. The monoisotopic (exact) mass is 406 g/mol. The highest BCUT2D eigenvalue weighted by molar-refractivity contribution is 7.18. The lowest BCUT2D eigenvalue weighted by molar-refractivity contribution is -0.385. The second kappa shape index (κ2) is 7.60. The summed E-state index contributed by atoms with van der Waals surface area (Å²) >= 11 is 1.52. The molecule has 0 unspecified atom stereocenters. The number of hydrogen-bond donors (Lipinski definition) is 1. The summed E-state index contributed by atoms with van der Waals surface area (Å²) < 4.78 is 0. The van der Waals surface area contributed by atoms with E-state index in [1.807, 2.05) is 6.92 Å². The van der Waals surface area contributed by atoms with E-state index < -0.39 is 4.92 Å². The minimum Gasteiger partial charge on any atom is -0.305 e. The third-order valence-electron chi connectivity index (χ3n) is 5.20. The van der Waals surface area contributed by atoms with Crippen LogP contribution in [0.4, 0.5) is 5.69 Å². The van der Waals surface area contributed by atoms with Crippen molar-refractivity contribution in [2.75, 3.05) is 0 Å². The average Bonchev–Trinajstić information content (AvgIpc) is 3.10. The van der Waals surface area contributed by atoms with Crippen molar-refractivity contribution in [1.82, 2.24) is 9.97 Å². The molecule has 146 valence electrons. The number of nitro benzene ring substituents is 1. The number of fused-ring (bicyclic) bond motifs is 3. The van der Waals surface area contributed by atoms with Crippen LogP contribution >= 0.6 is 11.3 Å². The zero-order chi connectivity index (χ0) is 20.5. The minimum atomic E-state index is -0.426. The van der Waals surface area contributed by atoms with Crippen LogP contribution in [0.15, 0.2) is 23.0 Å². The number of allylic oxidation sites excluding steroid dienone is 1. The summed E-state index contributed by atoms with van der Waals surface area (Å²) in [7, 11) is 0. The van der Waals surface area contributed by atoms with Gasteiger partial charge in [0.25, 0.3) is 11.2 Å². The van der Waals surface area contributed by atoms with Gasteiger partial charge in [-0.3, -0.25) is 14.9 Å². The first-order chi connectivity index (χ1) is 14.0. The van der Waals surface area contributed by atoms with E-state index in [1.165, 1.54) is 28.4 Å². The second-order valence-electron chi connectivity index (χ2n) is 6.97. The molecule has 2 aromatic heterocycles. The van der Waals surface area contributed by atoms with Crippen molar-refractivity contribution in [3.63, 3.8) is 0 Å². The predicted octanol–water partition coefficient (Wildman–Crippen LogP) is 4.40. The summed E-state index contributed by atoms with van der Waals surface area (Å²) in [6.07, 6.45) is 6.08. The normalized spacial score (nSPS) is 13.9. The molecule has 0 aliphatic heterocycles. The van der Waals surface area contributed by atoms with Gasteiger partial charge in [0.2, 0.25) is 0 Å². The molecule has 8 heteroatoms. The maximum Gasteiger partial charge on any atom is 0.273 e. The fourth-order valence-electron chi connectivity index (χ4n) is 3.75. The number of hydrogen-bond acceptors (Lipinski definition) is 6. The van der Waals surface area contributed by atoms with Gasteiger partial charge in [0, 0.05) is 16.5 Å². The zero-order valence-corrected chi connectivity index (χ0v) is 16.6. The molecule has 1 N–H and O–H groups in total. The van der Waals surface area contributed by atoms with Gasteiger partial charge in [-0.05, 0) is 49.3 Å². The molecule has 0 atom stereocenters. The third kappa shape index (κ3) is 3.45. The van der Waals surface area contributed by atoms with Gasteiger partial charge in [0.15, 0.2) is 5.82 Å². The van der Waals surface area contributed by atoms with Gasteiger partial charge in [0.1, 0.15) is 10.9 Å². The largest absolute Gasteiger partial charge is 0.305 e. The smallest absolute Gasteiger partial charge is 0.273 e. The molecule has 0 bridgehead atoms. The first-order valence-electron chi connectivity index (χ1n) is 9.46. The number of H-pyrrole nitrogens is 1. The Hall–Kier alpha value is -3.31. The van der Waals surface area contributed by atoms with Gasteiger partial charge in [-0.15, -0.1) is 11.3 Å². The molecule has 3 aromatic rings. The molecule has 0 radical (unpaired) electrons. The maximum absolute atomic E-state index is 12.7. The van der Waals surface area contributed by atoms with Crippen LogP contribution in [-0.4, -0.2) is 14.9 Å². The van der Waals surface area contributed by atoms with Gasteiger partial charge in [-0.1, -0.05) is 19.1 Å². The molecule has 1 aromatic carbocycles. The Balaban J connectivity index is 1.82. The number of thiophene rings is 1. The van der Waals surface area contributed by atoms with Crippen molar-refractivity contribution in [2.45, 2.75) is 39.0 Å². The number of nitro groups is 1. The van der Waals surface area contributed by atoms with Crippen molar-refractivity contribution in [1.29, 1.82) is 5.26 Å². The minimum absolute atomic E-state index is 0.0152. The molecule has 29 heavy (non-hydrogen) atoms. The van der Waals surface area contributed by atoms with Crippen molar-refractivity contribution in [2.24, 2.45) is 0 Å². The average molecular weight is 406 g/mol. The van der Waals surface area contributed by atoms with Crippen LogP contribution in [0.5, 0.6) is 0 Å². The number of aromatic nitrogens is 2. The van der Waals surface area contributed by atoms with Crippen molar-refractivity contribution < 1.29 is 4.92 Å². The van der Waals surface area contributed by atoms with Gasteiger partial charge >= 0.3 is 0 Å². The van der Waals surface area contributed by atoms with Crippen LogP contribution in [0.25, 0.3) is 21.9 Å². The summed E-state index contributed by atoms with van der Waals surface area (Å²) in [6.45, 7) is 1.85. The number of benzene rings is 1. The summed E-state index contributed by atoms with van der Waals surface area (Å²) in [4.78, 5) is 32.7. The topological polar surface area (TPSA) is 113 Å². The molecule has 0 saturated carbocycles. The lowest BCUT2D eigenvalue weighted by atomic mass is 9.97. The van der Waals surface area contributed by atoms with Crippen LogP contribution in [0, 0.1) is 21.4 Å². The summed E-state index contributed by atoms with van der Waals surface area (Å²) in [6, 6.07) is 6.91. The molecule has 0 spiro atoms. The van der Waals surface area contributed by atoms with Gasteiger partial charge in [0.05, 0.1) is 15.9 Å². The van der Waals surface area contributed by atoms with Crippen LogP contribution in [0.3, 0.4) is 0 Å².